The van der Waals surface area contributed by atoms with E-state index in [2.05, 4.69) is 25.6 Å². The molecular formula is C21H18N6O3. The lowest BCUT2D eigenvalue weighted by atomic mass is 10.1. The quantitative estimate of drug-likeness (QED) is 0.531. The first kappa shape index (κ1) is 17.9. The number of H-pyrrole nitrogens is 1. The molecule has 0 saturated carbocycles. The topological polar surface area (TPSA) is 107 Å². The Hall–Kier alpha value is -4.14. The van der Waals surface area contributed by atoms with E-state index in [0.717, 1.165) is 11.1 Å². The van der Waals surface area contributed by atoms with E-state index in [1.54, 1.807) is 17.1 Å². The number of aromatic amines is 1. The first-order valence-electron chi connectivity index (χ1n) is 9.36. The minimum Gasteiger partial charge on any atom is -0.454 e. The number of nitrogens with one attached hydrogen (secondary N) is 2. The molecule has 30 heavy (non-hydrogen) atoms. The second-order valence-corrected chi connectivity index (χ2v) is 6.88. The Morgan fingerprint density at radius 1 is 1.17 bits per heavy atom. The highest BCUT2D eigenvalue weighted by atomic mass is 16.7. The van der Waals surface area contributed by atoms with Crippen LogP contribution in [0.1, 0.15) is 21.6 Å². The molecule has 1 aliphatic rings. The molecule has 150 valence electrons. The van der Waals surface area contributed by atoms with Crippen LogP contribution in [0.2, 0.25) is 0 Å². The average molecular weight is 402 g/mol. The highest BCUT2D eigenvalue weighted by Crippen LogP contribution is 2.35. The lowest BCUT2D eigenvalue weighted by molar-refractivity contribution is 0.102. The monoisotopic (exact) mass is 402 g/mol. The van der Waals surface area contributed by atoms with E-state index < -0.39 is 0 Å². The van der Waals surface area contributed by atoms with Gasteiger partial charge in [0.1, 0.15) is 12.0 Å². The molecule has 0 spiro atoms. The summed E-state index contributed by atoms with van der Waals surface area (Å²) in [6.45, 7) is 2.83. The second-order valence-electron chi connectivity index (χ2n) is 6.88. The van der Waals surface area contributed by atoms with Crippen LogP contribution in [0.25, 0.3) is 11.3 Å². The van der Waals surface area contributed by atoms with Crippen LogP contribution in [0.4, 0.5) is 5.95 Å². The molecule has 2 aromatic carbocycles. The number of fused-ring (bicyclic) bond motifs is 1. The average Bonchev–Trinajstić information content (AvgIpc) is 3.50. The van der Waals surface area contributed by atoms with Crippen molar-refractivity contribution in [2.45, 2.75) is 13.5 Å². The van der Waals surface area contributed by atoms with Crippen molar-refractivity contribution in [3.8, 4) is 22.8 Å². The molecule has 2 aromatic heterocycles. The normalized spacial score (nSPS) is 12.2. The Bertz CT molecular complexity index is 1230. The number of benzene rings is 2. The number of nitrogens with zero attached hydrogens (tertiary/aromatic N) is 4. The number of carbonyl (C=O) groups excluding carboxylic acids is 1. The largest absolute Gasteiger partial charge is 0.454 e. The molecule has 0 atom stereocenters. The molecule has 0 saturated heterocycles. The molecule has 0 radical (unpaired) electrons. The summed E-state index contributed by atoms with van der Waals surface area (Å²) in [5, 5.41) is 14.0. The number of hydrogen-bond donors (Lipinski definition) is 2. The van der Waals surface area contributed by atoms with E-state index in [-0.39, 0.29) is 18.6 Å². The fourth-order valence-corrected chi connectivity index (χ4v) is 3.20. The van der Waals surface area contributed by atoms with Crippen molar-refractivity contribution in [3.05, 3.63) is 71.7 Å². The van der Waals surface area contributed by atoms with Crippen molar-refractivity contribution in [2.75, 3.05) is 12.1 Å². The molecule has 0 fully saturated rings. The van der Waals surface area contributed by atoms with Crippen molar-refractivity contribution < 1.29 is 14.3 Å². The lowest BCUT2D eigenvalue weighted by Crippen LogP contribution is -2.14. The predicted octanol–water partition coefficient (Wildman–Crippen LogP) is 3.01. The van der Waals surface area contributed by atoms with Crippen LogP contribution in [0, 0.1) is 6.92 Å². The molecule has 4 aromatic rings. The Labute approximate surface area is 171 Å². The zero-order chi connectivity index (χ0) is 20.5. The molecule has 1 amide bonds. The molecule has 0 aliphatic carbocycles. The van der Waals surface area contributed by atoms with Crippen LogP contribution in [-0.2, 0) is 6.54 Å². The van der Waals surface area contributed by atoms with Gasteiger partial charge in [-0.2, -0.15) is 5.10 Å². The minimum absolute atomic E-state index is 0.205. The fourth-order valence-electron chi connectivity index (χ4n) is 3.20. The summed E-state index contributed by atoms with van der Waals surface area (Å²) in [6, 6.07) is 15.2. The number of anilines is 1. The summed E-state index contributed by atoms with van der Waals surface area (Å²) in [4.78, 5) is 16.7. The van der Waals surface area contributed by atoms with Gasteiger partial charge in [0, 0.05) is 5.56 Å². The smallest absolute Gasteiger partial charge is 0.276 e. The van der Waals surface area contributed by atoms with E-state index in [0.29, 0.717) is 29.4 Å². The van der Waals surface area contributed by atoms with Crippen LogP contribution in [0.15, 0.2) is 54.9 Å². The van der Waals surface area contributed by atoms with E-state index in [1.807, 2.05) is 49.4 Å². The van der Waals surface area contributed by atoms with Gasteiger partial charge in [-0.25, -0.2) is 9.67 Å². The summed E-state index contributed by atoms with van der Waals surface area (Å²) in [7, 11) is 0. The number of ether oxygens (including phenoxy) is 2. The van der Waals surface area contributed by atoms with Gasteiger partial charge in [-0.05, 0) is 42.3 Å². The van der Waals surface area contributed by atoms with Crippen molar-refractivity contribution in [2.24, 2.45) is 0 Å². The number of hydrogen-bond acceptors (Lipinski definition) is 6. The molecular weight excluding hydrogens is 384 g/mol. The van der Waals surface area contributed by atoms with Crippen LogP contribution in [0.5, 0.6) is 11.5 Å². The van der Waals surface area contributed by atoms with Crippen molar-refractivity contribution >= 4 is 11.9 Å². The van der Waals surface area contributed by atoms with Crippen molar-refractivity contribution in [1.82, 2.24) is 25.0 Å². The van der Waals surface area contributed by atoms with Gasteiger partial charge in [0.05, 0.1) is 12.2 Å². The van der Waals surface area contributed by atoms with Gasteiger partial charge < -0.3 is 9.47 Å². The van der Waals surface area contributed by atoms with Crippen molar-refractivity contribution in [3.63, 3.8) is 0 Å². The third-order valence-corrected chi connectivity index (χ3v) is 4.85. The van der Waals surface area contributed by atoms with E-state index in [9.17, 15) is 4.79 Å². The van der Waals surface area contributed by atoms with Gasteiger partial charge in [-0.1, -0.05) is 24.3 Å². The molecule has 0 unspecified atom stereocenters. The van der Waals surface area contributed by atoms with Crippen LogP contribution in [0.3, 0.4) is 0 Å². The van der Waals surface area contributed by atoms with E-state index in [4.69, 9.17) is 9.47 Å². The Kier molecular flexibility index (Phi) is 4.40. The van der Waals surface area contributed by atoms with Crippen LogP contribution in [-0.4, -0.2) is 37.7 Å². The first-order valence-corrected chi connectivity index (χ1v) is 9.36. The standard InChI is InChI=1S/C21H18N6O3/c1-13-4-2-3-5-15(13)10-27-11-22-21(26-27)23-20(28)17-9-16(24-25-17)14-6-7-18-19(8-14)30-12-29-18/h2-9,11H,10,12H2,1H3,(H,24,25)(H,23,26,28). The Morgan fingerprint density at radius 2 is 2.03 bits per heavy atom. The van der Waals surface area contributed by atoms with Gasteiger partial charge in [0.25, 0.3) is 5.91 Å². The third-order valence-electron chi connectivity index (χ3n) is 4.85. The van der Waals surface area contributed by atoms with Gasteiger partial charge in [0.15, 0.2) is 11.5 Å². The SMILES string of the molecule is Cc1ccccc1Cn1cnc(NC(=O)c2cc(-c3ccc4c(c3)OCO4)n[nH]2)n1. The summed E-state index contributed by atoms with van der Waals surface area (Å²) >= 11 is 0. The van der Waals surface area contributed by atoms with Gasteiger partial charge in [0.2, 0.25) is 12.7 Å². The molecule has 0 bridgehead atoms. The Balaban J connectivity index is 1.27. The lowest BCUT2D eigenvalue weighted by Gasteiger charge is -2.04. The maximum atomic E-state index is 12.6. The first-order chi connectivity index (χ1) is 14.7. The second kappa shape index (κ2) is 7.36. The molecule has 2 N–H and O–H groups in total. The van der Waals surface area contributed by atoms with Gasteiger partial charge in [-0.3, -0.25) is 15.2 Å². The number of aromatic nitrogens is 5. The summed E-state index contributed by atoms with van der Waals surface area (Å²) in [6.07, 6.45) is 1.59. The van der Waals surface area contributed by atoms with Gasteiger partial charge in [-0.15, -0.1) is 5.10 Å². The number of rotatable bonds is 5. The summed E-state index contributed by atoms with van der Waals surface area (Å²) in [5.41, 5.74) is 4.05. The van der Waals surface area contributed by atoms with Crippen LogP contribution < -0.4 is 14.8 Å². The maximum Gasteiger partial charge on any atom is 0.276 e. The summed E-state index contributed by atoms with van der Waals surface area (Å²) in [5.74, 6) is 1.21. The molecule has 5 rings (SSSR count). The summed E-state index contributed by atoms with van der Waals surface area (Å²) < 4.78 is 12.4. The van der Waals surface area contributed by atoms with Crippen molar-refractivity contribution in [1.29, 1.82) is 0 Å². The van der Waals surface area contributed by atoms with Crippen LogP contribution >= 0.6 is 0 Å². The minimum atomic E-state index is -0.372. The van der Waals surface area contributed by atoms with E-state index >= 15 is 0 Å². The maximum absolute atomic E-state index is 12.6. The highest BCUT2D eigenvalue weighted by molar-refractivity contribution is 6.02. The zero-order valence-corrected chi connectivity index (χ0v) is 16.1. The molecule has 9 heteroatoms. The highest BCUT2D eigenvalue weighted by Gasteiger charge is 2.17. The van der Waals surface area contributed by atoms with Gasteiger partial charge >= 0.3 is 0 Å². The molecule has 9 nitrogen and oxygen atoms in total. The molecule has 3 heterocycles. The third kappa shape index (κ3) is 3.48. The number of amides is 1. The Morgan fingerprint density at radius 3 is 2.93 bits per heavy atom. The molecule has 1 aliphatic heterocycles. The number of aryl methyl sites for hydroxylation is 1. The fraction of sp³-hybridized carbons (Fsp3) is 0.143. The predicted molar refractivity (Wildman–Crippen MR) is 108 cm³/mol. The van der Waals surface area contributed by atoms with E-state index in [1.165, 1.54) is 5.56 Å². The zero-order valence-electron chi connectivity index (χ0n) is 16.1. The number of carbonyl (C=O) groups is 1.